The van der Waals surface area contributed by atoms with E-state index in [1.165, 1.54) is 231 Å². The van der Waals surface area contributed by atoms with Gasteiger partial charge < -0.3 is 14.2 Å². The van der Waals surface area contributed by atoms with E-state index >= 15 is 0 Å². The second kappa shape index (κ2) is 53.8. The maximum absolute atomic E-state index is 12.8. The summed E-state index contributed by atoms with van der Waals surface area (Å²) in [7, 11) is 0. The Morgan fingerprint density at radius 2 is 0.522 bits per heavy atom. The third-order valence-corrected chi connectivity index (χ3v) is 14.7. The Bertz CT molecular complexity index is 1030. The van der Waals surface area contributed by atoms with Crippen molar-refractivity contribution in [2.24, 2.45) is 11.8 Å². The molecule has 0 saturated heterocycles. The fourth-order valence-electron chi connectivity index (χ4n) is 9.34. The molecule has 0 heterocycles. The molecule has 0 amide bonds. The largest absolute Gasteiger partial charge is 0.462 e. The Morgan fingerprint density at radius 3 is 0.776 bits per heavy atom. The zero-order valence-corrected chi connectivity index (χ0v) is 46.0. The minimum absolute atomic E-state index is 0.0625. The third-order valence-electron chi connectivity index (χ3n) is 14.7. The summed E-state index contributed by atoms with van der Waals surface area (Å²) in [5.74, 6) is 0.940. The van der Waals surface area contributed by atoms with Gasteiger partial charge >= 0.3 is 17.9 Å². The van der Waals surface area contributed by atoms with Gasteiger partial charge in [-0.05, 0) is 31.1 Å². The molecule has 0 spiro atoms. The van der Waals surface area contributed by atoms with Gasteiger partial charge in [0.15, 0.2) is 6.10 Å². The van der Waals surface area contributed by atoms with Gasteiger partial charge in [0.05, 0.1) is 0 Å². The van der Waals surface area contributed by atoms with Crippen molar-refractivity contribution in [1.82, 2.24) is 0 Å². The van der Waals surface area contributed by atoms with Crippen molar-refractivity contribution >= 4 is 17.9 Å². The summed E-state index contributed by atoms with van der Waals surface area (Å²) >= 11 is 0. The van der Waals surface area contributed by atoms with E-state index in [1.807, 2.05) is 0 Å². The van der Waals surface area contributed by atoms with Gasteiger partial charge in [-0.25, -0.2) is 0 Å². The summed E-state index contributed by atoms with van der Waals surface area (Å²) in [5, 5.41) is 0. The molecule has 0 aromatic heterocycles. The first kappa shape index (κ1) is 65.4. The fourth-order valence-corrected chi connectivity index (χ4v) is 9.34. The minimum Gasteiger partial charge on any atom is -0.462 e. The first-order valence-corrected chi connectivity index (χ1v) is 30.3. The standard InChI is InChI=1S/C61H118O6/c1-6-9-10-11-12-13-14-21-25-31-36-41-46-51-59(62)65-54-58(67-61(64)53-48-43-38-33-28-27-30-35-40-45-50-57(5)8-3)55-66-60(63)52-47-42-37-32-26-23-20-18-16-15-17-19-22-24-29-34-39-44-49-56(4)7-2/h56-58H,6-55H2,1-5H3/t56?,57?,58-/m1/s1. The molecule has 0 aliphatic heterocycles. The number of hydrogen-bond donors (Lipinski definition) is 0. The Morgan fingerprint density at radius 1 is 0.299 bits per heavy atom. The normalized spacial score (nSPS) is 12.9. The van der Waals surface area contributed by atoms with Crippen molar-refractivity contribution in [3.8, 4) is 0 Å². The third kappa shape index (κ3) is 52.1. The van der Waals surface area contributed by atoms with E-state index in [4.69, 9.17) is 14.2 Å². The van der Waals surface area contributed by atoms with Gasteiger partial charge in [-0.2, -0.15) is 0 Å². The van der Waals surface area contributed by atoms with Crippen LogP contribution in [0.5, 0.6) is 0 Å². The van der Waals surface area contributed by atoms with E-state index in [2.05, 4.69) is 34.6 Å². The van der Waals surface area contributed by atoms with Crippen LogP contribution in [-0.4, -0.2) is 37.2 Å². The van der Waals surface area contributed by atoms with Crippen LogP contribution in [0.1, 0.15) is 343 Å². The summed E-state index contributed by atoms with van der Waals surface area (Å²) < 4.78 is 16.9. The highest BCUT2D eigenvalue weighted by Crippen LogP contribution is 2.19. The van der Waals surface area contributed by atoms with E-state index in [0.717, 1.165) is 69.6 Å². The van der Waals surface area contributed by atoms with Gasteiger partial charge in [0, 0.05) is 19.3 Å². The van der Waals surface area contributed by atoms with Crippen molar-refractivity contribution in [2.75, 3.05) is 13.2 Å². The van der Waals surface area contributed by atoms with Gasteiger partial charge in [-0.15, -0.1) is 0 Å². The van der Waals surface area contributed by atoms with Crippen LogP contribution < -0.4 is 0 Å². The number of rotatable bonds is 55. The Balaban J connectivity index is 4.23. The average Bonchev–Trinajstić information content (AvgIpc) is 3.33. The summed E-state index contributed by atoms with van der Waals surface area (Å²) in [6.07, 6.45) is 58.0. The maximum atomic E-state index is 12.8. The number of unbranched alkanes of at least 4 members (excludes halogenated alkanes) is 38. The molecule has 2 unspecified atom stereocenters. The van der Waals surface area contributed by atoms with E-state index in [9.17, 15) is 14.4 Å². The first-order valence-electron chi connectivity index (χ1n) is 30.3. The molecule has 0 radical (unpaired) electrons. The maximum Gasteiger partial charge on any atom is 0.306 e. The van der Waals surface area contributed by atoms with Crippen molar-refractivity contribution in [3.63, 3.8) is 0 Å². The molecule has 6 heteroatoms. The van der Waals surface area contributed by atoms with E-state index in [1.54, 1.807) is 0 Å². The lowest BCUT2D eigenvalue weighted by Crippen LogP contribution is -2.30. The average molecular weight is 948 g/mol. The van der Waals surface area contributed by atoms with Gasteiger partial charge in [-0.1, -0.05) is 304 Å². The van der Waals surface area contributed by atoms with Crippen molar-refractivity contribution in [3.05, 3.63) is 0 Å². The Kier molecular flexibility index (Phi) is 52.5. The second-order valence-corrected chi connectivity index (χ2v) is 21.5. The molecule has 0 aliphatic carbocycles. The molecule has 3 atom stereocenters. The predicted octanol–water partition coefficient (Wildman–Crippen LogP) is 20.0. The number of carbonyl (C=O) groups excluding carboxylic acids is 3. The Labute approximate surface area is 418 Å². The van der Waals surface area contributed by atoms with Gasteiger partial charge in [0.2, 0.25) is 0 Å². The molecule has 0 fully saturated rings. The van der Waals surface area contributed by atoms with E-state index < -0.39 is 6.10 Å². The van der Waals surface area contributed by atoms with E-state index in [-0.39, 0.29) is 31.1 Å². The highest BCUT2D eigenvalue weighted by molar-refractivity contribution is 5.71. The van der Waals surface area contributed by atoms with Crippen molar-refractivity contribution in [2.45, 2.75) is 349 Å². The van der Waals surface area contributed by atoms with Gasteiger partial charge in [0.25, 0.3) is 0 Å². The van der Waals surface area contributed by atoms with Crippen molar-refractivity contribution < 1.29 is 28.6 Å². The quantitative estimate of drug-likeness (QED) is 0.0343. The van der Waals surface area contributed by atoms with Crippen LogP contribution >= 0.6 is 0 Å². The lowest BCUT2D eigenvalue weighted by atomic mass is 9.99. The molecule has 0 aromatic carbocycles. The fraction of sp³-hybridized carbons (Fsp3) is 0.951. The lowest BCUT2D eigenvalue weighted by Gasteiger charge is -2.18. The van der Waals surface area contributed by atoms with Crippen LogP contribution in [0, 0.1) is 11.8 Å². The lowest BCUT2D eigenvalue weighted by molar-refractivity contribution is -0.167. The van der Waals surface area contributed by atoms with E-state index in [0.29, 0.717) is 19.3 Å². The number of esters is 3. The monoisotopic (exact) mass is 947 g/mol. The summed E-state index contributed by atoms with van der Waals surface area (Å²) in [4.78, 5) is 38.2. The second-order valence-electron chi connectivity index (χ2n) is 21.5. The minimum atomic E-state index is -0.763. The predicted molar refractivity (Wildman–Crippen MR) is 289 cm³/mol. The molecule has 0 aromatic rings. The highest BCUT2D eigenvalue weighted by atomic mass is 16.6. The van der Waals surface area contributed by atoms with Crippen LogP contribution in [0.15, 0.2) is 0 Å². The van der Waals surface area contributed by atoms with Crippen LogP contribution in [-0.2, 0) is 28.6 Å². The zero-order chi connectivity index (χ0) is 48.9. The zero-order valence-electron chi connectivity index (χ0n) is 46.0. The summed E-state index contributed by atoms with van der Waals surface area (Å²) in [5.41, 5.74) is 0. The molecular weight excluding hydrogens is 829 g/mol. The van der Waals surface area contributed by atoms with Crippen LogP contribution in [0.25, 0.3) is 0 Å². The molecule has 67 heavy (non-hydrogen) atoms. The van der Waals surface area contributed by atoms with Crippen molar-refractivity contribution in [1.29, 1.82) is 0 Å². The van der Waals surface area contributed by atoms with Crippen LogP contribution in [0.3, 0.4) is 0 Å². The number of hydrogen-bond acceptors (Lipinski definition) is 6. The molecule has 0 rings (SSSR count). The molecule has 0 bridgehead atoms. The summed E-state index contributed by atoms with van der Waals surface area (Å²) in [6, 6.07) is 0. The molecule has 0 aliphatic rings. The smallest absolute Gasteiger partial charge is 0.306 e. The van der Waals surface area contributed by atoms with Gasteiger partial charge in [0.1, 0.15) is 13.2 Å². The first-order chi connectivity index (χ1) is 32.8. The SMILES string of the molecule is CCCCCCCCCCCCCCCC(=O)OC[C@H](COC(=O)CCCCCCCCCCCCCCCCCCCCC(C)CC)OC(=O)CCCCCCCCCCCCC(C)CC. The Hall–Kier alpha value is -1.59. The molecular formula is C61H118O6. The molecule has 0 saturated carbocycles. The summed E-state index contributed by atoms with van der Waals surface area (Å²) in [6.45, 7) is 11.5. The topological polar surface area (TPSA) is 78.9 Å². The molecule has 6 nitrogen and oxygen atoms in total. The van der Waals surface area contributed by atoms with Crippen LogP contribution in [0.4, 0.5) is 0 Å². The van der Waals surface area contributed by atoms with Gasteiger partial charge in [-0.3, -0.25) is 14.4 Å². The van der Waals surface area contributed by atoms with Crippen LogP contribution in [0.2, 0.25) is 0 Å². The number of carbonyl (C=O) groups is 3. The molecule has 0 N–H and O–H groups in total. The highest BCUT2D eigenvalue weighted by Gasteiger charge is 2.19. The molecule has 398 valence electrons. The number of ether oxygens (including phenoxy) is 3.